The summed E-state index contributed by atoms with van der Waals surface area (Å²) in [6.45, 7) is 1.04. The zero-order chi connectivity index (χ0) is 20.0. The molecule has 0 atom stereocenters. The number of anilines is 1. The van der Waals surface area contributed by atoms with Crippen LogP contribution in [0.2, 0.25) is 0 Å². The number of rotatable bonds is 9. The van der Waals surface area contributed by atoms with Crippen molar-refractivity contribution in [3.05, 3.63) is 65.0 Å². The minimum atomic E-state index is -3.15. The van der Waals surface area contributed by atoms with Crippen LogP contribution in [0.15, 0.2) is 53.9 Å². The van der Waals surface area contributed by atoms with Crippen LogP contribution < -0.4 is 14.8 Å². The van der Waals surface area contributed by atoms with Crippen molar-refractivity contribution >= 4 is 26.5 Å². The molecule has 6 nitrogen and oxygen atoms in total. The number of ether oxygens (including phenoxy) is 1. The molecule has 28 heavy (non-hydrogen) atoms. The Morgan fingerprint density at radius 2 is 1.86 bits per heavy atom. The fraction of sp³-hybridized carbons (Fsp3) is 0.250. The molecular formula is C20H23N3O3S2. The van der Waals surface area contributed by atoms with Gasteiger partial charge in [-0.3, -0.25) is 0 Å². The Morgan fingerprint density at radius 1 is 1.11 bits per heavy atom. The van der Waals surface area contributed by atoms with Crippen molar-refractivity contribution in [3.63, 3.8) is 0 Å². The number of nitrogens with zero attached hydrogens (tertiary/aromatic N) is 1. The number of sulfonamides is 1. The summed E-state index contributed by atoms with van der Waals surface area (Å²) in [7, 11) is -1.48. The molecule has 1 heterocycles. The normalized spacial score (nSPS) is 11.4. The standard InChI is InChI=1S/C20H23N3O3S2/c1-26-19-6-4-3-5-17(19)13-21-20-23-18(14-27-20)16-9-7-15(8-10-16)11-12-22-28(2,24)25/h3-10,14,22H,11-13H2,1-2H3,(H,21,23). The van der Waals surface area contributed by atoms with Gasteiger partial charge in [-0.25, -0.2) is 18.1 Å². The van der Waals surface area contributed by atoms with Crippen molar-refractivity contribution < 1.29 is 13.2 Å². The van der Waals surface area contributed by atoms with E-state index in [2.05, 4.69) is 15.0 Å². The molecule has 0 aliphatic heterocycles. The van der Waals surface area contributed by atoms with Crippen LogP contribution in [0.5, 0.6) is 5.75 Å². The van der Waals surface area contributed by atoms with Crippen LogP contribution >= 0.6 is 11.3 Å². The summed E-state index contributed by atoms with van der Waals surface area (Å²) >= 11 is 1.56. The molecular weight excluding hydrogens is 394 g/mol. The highest BCUT2D eigenvalue weighted by Crippen LogP contribution is 2.26. The topological polar surface area (TPSA) is 80.3 Å². The quantitative estimate of drug-likeness (QED) is 0.557. The Bertz CT molecular complexity index is 1020. The molecule has 2 N–H and O–H groups in total. The molecule has 2 aromatic carbocycles. The molecule has 0 bridgehead atoms. The molecule has 3 aromatic rings. The molecule has 0 saturated carbocycles. The lowest BCUT2D eigenvalue weighted by Gasteiger charge is -2.08. The Labute approximate surface area is 169 Å². The lowest BCUT2D eigenvalue weighted by Crippen LogP contribution is -2.24. The van der Waals surface area contributed by atoms with Crippen molar-refractivity contribution in [3.8, 4) is 17.0 Å². The first-order valence-electron chi connectivity index (χ1n) is 8.80. The third-order valence-corrected chi connectivity index (χ3v) is 5.68. The summed E-state index contributed by atoms with van der Waals surface area (Å²) in [4.78, 5) is 4.65. The molecule has 0 spiro atoms. The van der Waals surface area contributed by atoms with Crippen LogP contribution in [0.1, 0.15) is 11.1 Å². The maximum absolute atomic E-state index is 11.1. The predicted molar refractivity (Wildman–Crippen MR) is 114 cm³/mol. The number of hydrogen-bond acceptors (Lipinski definition) is 6. The molecule has 0 radical (unpaired) electrons. The van der Waals surface area contributed by atoms with Crippen LogP contribution in [-0.4, -0.2) is 33.3 Å². The highest BCUT2D eigenvalue weighted by molar-refractivity contribution is 7.88. The second-order valence-electron chi connectivity index (χ2n) is 6.32. The van der Waals surface area contributed by atoms with Crippen molar-refractivity contribution in [1.29, 1.82) is 0 Å². The van der Waals surface area contributed by atoms with Crippen molar-refractivity contribution in [1.82, 2.24) is 9.71 Å². The summed E-state index contributed by atoms with van der Waals surface area (Å²) in [5.41, 5.74) is 4.09. The van der Waals surface area contributed by atoms with Gasteiger partial charge in [-0.05, 0) is 18.1 Å². The third kappa shape index (κ3) is 5.79. The zero-order valence-corrected chi connectivity index (χ0v) is 17.4. The maximum atomic E-state index is 11.1. The number of thiazole rings is 1. The van der Waals surface area contributed by atoms with Gasteiger partial charge < -0.3 is 10.1 Å². The lowest BCUT2D eigenvalue weighted by molar-refractivity contribution is 0.410. The average Bonchev–Trinajstić information content (AvgIpc) is 3.15. The highest BCUT2D eigenvalue weighted by Gasteiger charge is 2.07. The van der Waals surface area contributed by atoms with E-state index >= 15 is 0 Å². The monoisotopic (exact) mass is 417 g/mol. The molecule has 0 aliphatic carbocycles. The first-order valence-corrected chi connectivity index (χ1v) is 11.6. The van der Waals surface area contributed by atoms with E-state index in [4.69, 9.17) is 4.74 Å². The van der Waals surface area contributed by atoms with Crippen molar-refractivity contribution in [2.24, 2.45) is 0 Å². The molecule has 1 aromatic heterocycles. The number of nitrogens with one attached hydrogen (secondary N) is 2. The van der Waals surface area contributed by atoms with Gasteiger partial charge >= 0.3 is 0 Å². The molecule has 148 valence electrons. The van der Waals surface area contributed by atoms with E-state index < -0.39 is 10.0 Å². The molecule has 3 rings (SSSR count). The minimum absolute atomic E-state index is 0.395. The van der Waals surface area contributed by atoms with Gasteiger partial charge in [0, 0.05) is 29.6 Å². The summed E-state index contributed by atoms with van der Waals surface area (Å²) in [6, 6.07) is 15.9. The van der Waals surface area contributed by atoms with Crippen LogP contribution in [0, 0.1) is 0 Å². The Kier molecular flexibility index (Phi) is 6.66. The zero-order valence-electron chi connectivity index (χ0n) is 15.8. The second-order valence-corrected chi connectivity index (χ2v) is 9.01. The minimum Gasteiger partial charge on any atom is -0.496 e. The Hall–Kier alpha value is -2.42. The smallest absolute Gasteiger partial charge is 0.208 e. The molecule has 0 amide bonds. The van der Waals surface area contributed by atoms with Crippen LogP contribution in [-0.2, 0) is 23.0 Å². The summed E-state index contributed by atoms with van der Waals surface area (Å²) in [6.07, 6.45) is 1.81. The molecule has 0 unspecified atom stereocenters. The maximum Gasteiger partial charge on any atom is 0.208 e. The SMILES string of the molecule is COc1ccccc1CNc1nc(-c2ccc(CCNS(C)(=O)=O)cc2)cs1. The molecule has 0 saturated heterocycles. The van der Waals surface area contributed by atoms with E-state index in [-0.39, 0.29) is 0 Å². The highest BCUT2D eigenvalue weighted by atomic mass is 32.2. The van der Waals surface area contributed by atoms with E-state index in [1.165, 1.54) is 0 Å². The van der Waals surface area contributed by atoms with Gasteiger partial charge in [-0.1, -0.05) is 42.5 Å². The van der Waals surface area contributed by atoms with Gasteiger partial charge in [0.1, 0.15) is 5.75 Å². The molecule has 8 heteroatoms. The Morgan fingerprint density at radius 3 is 2.57 bits per heavy atom. The van der Waals surface area contributed by atoms with Crippen molar-refractivity contribution in [2.75, 3.05) is 25.2 Å². The van der Waals surface area contributed by atoms with Gasteiger partial charge in [-0.2, -0.15) is 0 Å². The summed E-state index contributed by atoms with van der Waals surface area (Å²) < 4.78 is 30.1. The summed E-state index contributed by atoms with van der Waals surface area (Å²) in [5.74, 6) is 0.854. The Balaban J connectivity index is 1.59. The average molecular weight is 418 g/mol. The number of methoxy groups -OCH3 is 1. The van der Waals surface area contributed by atoms with Crippen LogP contribution in [0.3, 0.4) is 0 Å². The first kappa shape index (κ1) is 20.3. The number of aromatic nitrogens is 1. The van der Waals surface area contributed by atoms with Gasteiger partial charge in [0.15, 0.2) is 5.13 Å². The fourth-order valence-electron chi connectivity index (χ4n) is 2.73. The fourth-order valence-corrected chi connectivity index (χ4v) is 3.92. The number of para-hydroxylation sites is 1. The van der Waals surface area contributed by atoms with Gasteiger partial charge in [0.25, 0.3) is 0 Å². The van der Waals surface area contributed by atoms with E-state index in [1.807, 2.05) is 53.9 Å². The van der Waals surface area contributed by atoms with E-state index in [1.54, 1.807) is 18.4 Å². The second kappa shape index (κ2) is 9.18. The van der Waals surface area contributed by atoms with Crippen LogP contribution in [0.25, 0.3) is 11.3 Å². The van der Waals surface area contributed by atoms with Gasteiger partial charge in [-0.15, -0.1) is 11.3 Å². The third-order valence-electron chi connectivity index (χ3n) is 4.15. The predicted octanol–water partition coefficient (Wildman–Crippen LogP) is 3.52. The lowest BCUT2D eigenvalue weighted by atomic mass is 10.1. The van der Waals surface area contributed by atoms with E-state index in [0.717, 1.165) is 39.5 Å². The summed E-state index contributed by atoms with van der Waals surface area (Å²) in [5, 5.41) is 6.21. The number of benzene rings is 2. The first-order chi connectivity index (χ1) is 13.4. The van der Waals surface area contributed by atoms with E-state index in [9.17, 15) is 8.42 Å². The largest absolute Gasteiger partial charge is 0.496 e. The van der Waals surface area contributed by atoms with Gasteiger partial charge in [0.2, 0.25) is 10.0 Å². The molecule has 0 aliphatic rings. The van der Waals surface area contributed by atoms with Crippen LogP contribution in [0.4, 0.5) is 5.13 Å². The number of hydrogen-bond donors (Lipinski definition) is 2. The van der Waals surface area contributed by atoms with Crippen molar-refractivity contribution in [2.45, 2.75) is 13.0 Å². The molecule has 0 fully saturated rings. The van der Waals surface area contributed by atoms with E-state index in [0.29, 0.717) is 19.5 Å². The van der Waals surface area contributed by atoms with Gasteiger partial charge in [0.05, 0.1) is 19.1 Å².